The van der Waals surface area contributed by atoms with Gasteiger partial charge in [0.05, 0.1) is 6.07 Å². The third kappa shape index (κ3) is 2.41. The van der Waals surface area contributed by atoms with Crippen molar-refractivity contribution in [2.75, 3.05) is 0 Å². The molecule has 0 radical (unpaired) electrons. The third-order valence-electron chi connectivity index (χ3n) is 2.97. The summed E-state index contributed by atoms with van der Waals surface area (Å²) in [6.07, 6.45) is 3.13. The summed E-state index contributed by atoms with van der Waals surface area (Å²) in [5, 5.41) is 11.8. The molecule has 1 heterocycles. The van der Waals surface area contributed by atoms with Crippen LogP contribution in [0.4, 0.5) is 4.39 Å². The summed E-state index contributed by atoms with van der Waals surface area (Å²) in [5.41, 5.74) is -0.794. The number of pyridine rings is 1. The molecular formula is C12H12FN3O. The van der Waals surface area contributed by atoms with Gasteiger partial charge < -0.3 is 5.32 Å². The van der Waals surface area contributed by atoms with Crippen molar-refractivity contribution >= 4 is 5.91 Å². The van der Waals surface area contributed by atoms with Crippen molar-refractivity contribution in [3.63, 3.8) is 0 Å². The molecule has 1 aliphatic carbocycles. The van der Waals surface area contributed by atoms with Crippen molar-refractivity contribution in [1.82, 2.24) is 10.3 Å². The summed E-state index contributed by atoms with van der Waals surface area (Å²) in [7, 11) is 0. The number of aromatic nitrogens is 1. The third-order valence-corrected chi connectivity index (χ3v) is 2.97. The molecule has 0 saturated heterocycles. The van der Waals surface area contributed by atoms with Crippen LogP contribution in [0.3, 0.4) is 0 Å². The predicted molar refractivity (Wildman–Crippen MR) is 58.5 cm³/mol. The average Bonchev–Trinajstić information content (AvgIpc) is 2.78. The molecule has 2 rings (SSSR count). The number of nitriles is 1. The number of nitrogens with one attached hydrogen (secondary N) is 1. The predicted octanol–water partition coefficient (Wildman–Crippen LogP) is 1.79. The molecule has 4 nitrogen and oxygen atoms in total. The molecule has 1 saturated carbocycles. The van der Waals surface area contributed by atoms with E-state index in [-0.39, 0.29) is 5.69 Å². The van der Waals surface area contributed by atoms with E-state index in [1.165, 1.54) is 18.2 Å². The van der Waals surface area contributed by atoms with Gasteiger partial charge in [-0.2, -0.15) is 9.65 Å². The molecule has 1 aromatic heterocycles. The summed E-state index contributed by atoms with van der Waals surface area (Å²) in [4.78, 5) is 15.3. The van der Waals surface area contributed by atoms with Crippen molar-refractivity contribution < 1.29 is 9.18 Å². The van der Waals surface area contributed by atoms with Gasteiger partial charge in [0.15, 0.2) is 0 Å². The monoisotopic (exact) mass is 233 g/mol. The maximum atomic E-state index is 12.9. The first-order chi connectivity index (χ1) is 8.15. The standard InChI is InChI=1S/C12H12FN3O/c13-10-5-3-4-9(15-10)11(17)16-12(8-14)6-1-2-7-12/h3-5H,1-2,6-7H2,(H,16,17). The molecule has 0 spiro atoms. The number of hydrogen-bond acceptors (Lipinski definition) is 3. The Labute approximate surface area is 98.5 Å². The normalized spacial score (nSPS) is 17.4. The van der Waals surface area contributed by atoms with Crippen LogP contribution < -0.4 is 5.32 Å². The number of carbonyl (C=O) groups is 1. The molecule has 1 aromatic rings. The Bertz CT molecular complexity index is 475. The van der Waals surface area contributed by atoms with Crippen molar-refractivity contribution in [2.24, 2.45) is 0 Å². The lowest BCUT2D eigenvalue weighted by Gasteiger charge is -2.21. The van der Waals surface area contributed by atoms with Gasteiger partial charge in [-0.05, 0) is 37.8 Å². The van der Waals surface area contributed by atoms with Crippen LogP contribution in [0.5, 0.6) is 0 Å². The van der Waals surface area contributed by atoms with Gasteiger partial charge in [0.2, 0.25) is 5.95 Å². The first-order valence-electron chi connectivity index (χ1n) is 5.52. The first kappa shape index (κ1) is 11.5. The number of hydrogen-bond donors (Lipinski definition) is 1. The topological polar surface area (TPSA) is 65.8 Å². The Morgan fingerprint density at radius 2 is 2.18 bits per heavy atom. The lowest BCUT2D eigenvalue weighted by atomic mass is 10.00. The highest BCUT2D eigenvalue weighted by Crippen LogP contribution is 2.29. The maximum Gasteiger partial charge on any atom is 0.271 e. The van der Waals surface area contributed by atoms with Gasteiger partial charge in [0, 0.05) is 0 Å². The fourth-order valence-electron chi connectivity index (χ4n) is 2.06. The van der Waals surface area contributed by atoms with E-state index in [1.807, 2.05) is 0 Å². The second-order valence-electron chi connectivity index (χ2n) is 4.20. The fraction of sp³-hybridized carbons (Fsp3) is 0.417. The SMILES string of the molecule is N#CC1(NC(=O)c2cccc(F)n2)CCCC1. The van der Waals surface area contributed by atoms with Crippen molar-refractivity contribution in [3.8, 4) is 6.07 Å². The number of halogens is 1. The van der Waals surface area contributed by atoms with Gasteiger partial charge in [0.25, 0.3) is 5.91 Å². The number of amides is 1. The summed E-state index contributed by atoms with van der Waals surface area (Å²) >= 11 is 0. The van der Waals surface area contributed by atoms with Crippen molar-refractivity contribution in [2.45, 2.75) is 31.2 Å². The highest BCUT2D eigenvalue weighted by molar-refractivity contribution is 5.93. The summed E-state index contributed by atoms with van der Waals surface area (Å²) < 4.78 is 12.9. The van der Waals surface area contributed by atoms with Gasteiger partial charge in [-0.3, -0.25) is 4.79 Å². The molecule has 0 atom stereocenters. The Balaban J connectivity index is 2.14. The van der Waals surface area contributed by atoms with E-state index in [1.54, 1.807) is 0 Å². The zero-order chi connectivity index (χ0) is 12.3. The molecule has 5 heteroatoms. The van der Waals surface area contributed by atoms with E-state index in [2.05, 4.69) is 16.4 Å². The number of nitrogens with zero attached hydrogens (tertiary/aromatic N) is 2. The van der Waals surface area contributed by atoms with Crippen LogP contribution in [0.15, 0.2) is 18.2 Å². The molecule has 0 aliphatic heterocycles. The van der Waals surface area contributed by atoms with E-state index in [0.29, 0.717) is 12.8 Å². The number of carbonyl (C=O) groups excluding carboxylic acids is 1. The van der Waals surface area contributed by atoms with E-state index in [4.69, 9.17) is 5.26 Å². The van der Waals surface area contributed by atoms with Gasteiger partial charge in [-0.25, -0.2) is 4.98 Å². The molecule has 0 bridgehead atoms. The molecule has 0 unspecified atom stereocenters. The van der Waals surface area contributed by atoms with Gasteiger partial charge in [-0.1, -0.05) is 6.07 Å². The minimum absolute atomic E-state index is 0.00604. The fourth-order valence-corrected chi connectivity index (χ4v) is 2.06. The summed E-state index contributed by atoms with van der Waals surface area (Å²) in [5.74, 6) is -1.19. The van der Waals surface area contributed by atoms with Crippen LogP contribution in [-0.4, -0.2) is 16.4 Å². The van der Waals surface area contributed by atoms with Crippen LogP contribution in [0.1, 0.15) is 36.2 Å². The smallest absolute Gasteiger partial charge is 0.271 e. The Morgan fingerprint density at radius 1 is 1.47 bits per heavy atom. The lowest BCUT2D eigenvalue weighted by molar-refractivity contribution is 0.0914. The zero-order valence-corrected chi connectivity index (χ0v) is 9.24. The van der Waals surface area contributed by atoms with E-state index in [0.717, 1.165) is 12.8 Å². The summed E-state index contributed by atoms with van der Waals surface area (Å²) in [6.45, 7) is 0. The molecule has 0 aromatic carbocycles. The minimum Gasteiger partial charge on any atom is -0.332 e. The Morgan fingerprint density at radius 3 is 2.76 bits per heavy atom. The summed E-state index contributed by atoms with van der Waals surface area (Å²) in [6, 6.07) is 6.16. The molecule has 17 heavy (non-hydrogen) atoms. The molecule has 1 fully saturated rings. The van der Waals surface area contributed by atoms with Crippen LogP contribution >= 0.6 is 0 Å². The molecule has 1 aliphatic rings. The van der Waals surface area contributed by atoms with Crippen LogP contribution in [0.25, 0.3) is 0 Å². The zero-order valence-electron chi connectivity index (χ0n) is 9.24. The van der Waals surface area contributed by atoms with Crippen LogP contribution in [0.2, 0.25) is 0 Å². The highest BCUT2D eigenvalue weighted by Gasteiger charge is 2.35. The van der Waals surface area contributed by atoms with Gasteiger partial charge in [-0.15, -0.1) is 0 Å². The van der Waals surface area contributed by atoms with E-state index < -0.39 is 17.4 Å². The molecular weight excluding hydrogens is 221 g/mol. The van der Waals surface area contributed by atoms with Crippen LogP contribution in [0, 0.1) is 17.3 Å². The Hall–Kier alpha value is -1.96. The first-order valence-corrected chi connectivity index (χ1v) is 5.52. The molecule has 1 N–H and O–H groups in total. The Kier molecular flexibility index (Phi) is 3.05. The average molecular weight is 233 g/mol. The van der Waals surface area contributed by atoms with Crippen molar-refractivity contribution in [1.29, 1.82) is 5.26 Å². The lowest BCUT2D eigenvalue weighted by Crippen LogP contribution is -2.45. The van der Waals surface area contributed by atoms with Gasteiger partial charge >= 0.3 is 0 Å². The largest absolute Gasteiger partial charge is 0.332 e. The van der Waals surface area contributed by atoms with E-state index in [9.17, 15) is 9.18 Å². The molecule has 1 amide bonds. The second-order valence-corrected chi connectivity index (χ2v) is 4.20. The van der Waals surface area contributed by atoms with Crippen molar-refractivity contribution in [3.05, 3.63) is 29.8 Å². The maximum absolute atomic E-state index is 12.9. The quantitative estimate of drug-likeness (QED) is 0.792. The molecule has 88 valence electrons. The number of rotatable bonds is 2. The van der Waals surface area contributed by atoms with Gasteiger partial charge in [0.1, 0.15) is 11.2 Å². The minimum atomic E-state index is -0.801. The second kappa shape index (κ2) is 4.50. The van der Waals surface area contributed by atoms with E-state index >= 15 is 0 Å². The highest BCUT2D eigenvalue weighted by atomic mass is 19.1. The van der Waals surface area contributed by atoms with Crippen LogP contribution in [-0.2, 0) is 0 Å².